The highest BCUT2D eigenvalue weighted by molar-refractivity contribution is 5.48. The summed E-state index contributed by atoms with van der Waals surface area (Å²) in [7, 11) is 1.92. The molecule has 0 saturated carbocycles. The molecule has 0 radical (unpaired) electrons. The summed E-state index contributed by atoms with van der Waals surface area (Å²) in [4.78, 5) is 6.44. The maximum absolute atomic E-state index is 9.09. The molecule has 0 bridgehead atoms. The molecular weight excluding hydrogens is 214 g/mol. The summed E-state index contributed by atoms with van der Waals surface area (Å²) in [6.07, 6.45) is 3.59. The Bertz CT molecular complexity index is 354. The third-order valence-corrected chi connectivity index (χ3v) is 2.74. The third-order valence-electron chi connectivity index (χ3n) is 2.74. The van der Waals surface area contributed by atoms with Gasteiger partial charge in [-0.1, -0.05) is 12.1 Å². The number of aliphatic hydroxyl groups is 1. The molecule has 0 aromatic carbocycles. The van der Waals surface area contributed by atoms with Crippen molar-refractivity contribution in [2.45, 2.75) is 13.0 Å². The van der Waals surface area contributed by atoms with Crippen molar-refractivity contribution in [3.8, 4) is 0 Å². The molecule has 0 amide bonds. The van der Waals surface area contributed by atoms with E-state index in [-0.39, 0.29) is 12.6 Å². The van der Waals surface area contributed by atoms with Gasteiger partial charge in [-0.2, -0.15) is 0 Å². The molecule has 1 aromatic rings. The van der Waals surface area contributed by atoms with Crippen LogP contribution in [-0.4, -0.2) is 36.8 Å². The molecule has 1 aromatic heterocycles. The molecule has 0 spiro atoms. The van der Waals surface area contributed by atoms with Gasteiger partial charge < -0.3 is 15.3 Å². The SMILES string of the molecule is C=CCN(CCO)c1ncccc1C(C)NC. The Morgan fingerprint density at radius 1 is 1.65 bits per heavy atom. The number of nitrogens with one attached hydrogen (secondary N) is 1. The minimum Gasteiger partial charge on any atom is -0.395 e. The van der Waals surface area contributed by atoms with Crippen LogP contribution in [0.1, 0.15) is 18.5 Å². The fraction of sp³-hybridized carbons (Fsp3) is 0.462. The van der Waals surface area contributed by atoms with Crippen LogP contribution in [0.3, 0.4) is 0 Å². The first-order valence-electron chi connectivity index (χ1n) is 5.83. The van der Waals surface area contributed by atoms with Gasteiger partial charge in [-0.3, -0.25) is 0 Å². The van der Waals surface area contributed by atoms with Crippen LogP contribution < -0.4 is 10.2 Å². The molecule has 94 valence electrons. The molecule has 0 aliphatic heterocycles. The van der Waals surface area contributed by atoms with E-state index in [1.807, 2.05) is 24.1 Å². The summed E-state index contributed by atoms with van der Waals surface area (Å²) in [5, 5.41) is 12.3. The lowest BCUT2D eigenvalue weighted by atomic mass is 10.1. The number of nitrogens with zero attached hydrogens (tertiary/aromatic N) is 2. The largest absolute Gasteiger partial charge is 0.395 e. The molecule has 17 heavy (non-hydrogen) atoms. The molecule has 4 nitrogen and oxygen atoms in total. The van der Waals surface area contributed by atoms with Crippen molar-refractivity contribution in [1.29, 1.82) is 0 Å². The van der Waals surface area contributed by atoms with Crippen LogP contribution in [0.2, 0.25) is 0 Å². The number of hydrogen-bond acceptors (Lipinski definition) is 4. The van der Waals surface area contributed by atoms with E-state index in [2.05, 4.69) is 29.9 Å². The van der Waals surface area contributed by atoms with Crippen LogP contribution in [0.5, 0.6) is 0 Å². The maximum Gasteiger partial charge on any atom is 0.133 e. The summed E-state index contributed by atoms with van der Waals surface area (Å²) in [6.45, 7) is 7.18. The molecule has 4 heteroatoms. The van der Waals surface area contributed by atoms with Gasteiger partial charge in [-0.15, -0.1) is 6.58 Å². The lowest BCUT2D eigenvalue weighted by Gasteiger charge is -2.25. The van der Waals surface area contributed by atoms with Gasteiger partial charge in [-0.05, 0) is 20.0 Å². The average Bonchev–Trinajstić information content (AvgIpc) is 2.37. The second-order valence-corrected chi connectivity index (χ2v) is 3.88. The van der Waals surface area contributed by atoms with Gasteiger partial charge in [0.05, 0.1) is 6.61 Å². The predicted molar refractivity (Wildman–Crippen MR) is 71.2 cm³/mol. The Balaban J connectivity index is 3.03. The Kier molecular flexibility index (Phi) is 5.66. The van der Waals surface area contributed by atoms with E-state index in [1.54, 1.807) is 6.20 Å². The van der Waals surface area contributed by atoms with Gasteiger partial charge in [0.15, 0.2) is 0 Å². The van der Waals surface area contributed by atoms with E-state index >= 15 is 0 Å². The number of hydrogen-bond donors (Lipinski definition) is 2. The van der Waals surface area contributed by atoms with Crippen LogP contribution in [0.4, 0.5) is 5.82 Å². The Labute approximate surface area is 103 Å². The topological polar surface area (TPSA) is 48.4 Å². The summed E-state index contributed by atoms with van der Waals surface area (Å²) in [5.74, 6) is 0.906. The molecule has 1 unspecified atom stereocenters. The molecular formula is C13H21N3O. The first kappa shape index (κ1) is 13.7. The molecule has 0 aliphatic rings. The van der Waals surface area contributed by atoms with Crippen molar-refractivity contribution in [1.82, 2.24) is 10.3 Å². The summed E-state index contributed by atoms with van der Waals surface area (Å²) in [5.41, 5.74) is 1.13. The highest BCUT2D eigenvalue weighted by Crippen LogP contribution is 2.23. The zero-order valence-electron chi connectivity index (χ0n) is 10.6. The summed E-state index contributed by atoms with van der Waals surface area (Å²) < 4.78 is 0. The van der Waals surface area contributed by atoms with E-state index in [0.29, 0.717) is 13.1 Å². The molecule has 1 heterocycles. The lowest BCUT2D eigenvalue weighted by molar-refractivity contribution is 0.302. The fourth-order valence-electron chi connectivity index (χ4n) is 1.73. The van der Waals surface area contributed by atoms with Crippen molar-refractivity contribution < 1.29 is 5.11 Å². The van der Waals surface area contributed by atoms with Crippen LogP contribution in [0, 0.1) is 0 Å². The molecule has 0 saturated heterocycles. The van der Waals surface area contributed by atoms with Gasteiger partial charge in [0.1, 0.15) is 5.82 Å². The van der Waals surface area contributed by atoms with Gasteiger partial charge in [0, 0.05) is 30.9 Å². The van der Waals surface area contributed by atoms with Crippen molar-refractivity contribution in [2.24, 2.45) is 0 Å². The summed E-state index contributed by atoms with van der Waals surface area (Å²) >= 11 is 0. The minimum atomic E-state index is 0.109. The van der Waals surface area contributed by atoms with Crippen LogP contribution in [-0.2, 0) is 0 Å². The van der Waals surface area contributed by atoms with Gasteiger partial charge in [-0.25, -0.2) is 4.98 Å². The minimum absolute atomic E-state index is 0.109. The van der Waals surface area contributed by atoms with E-state index in [9.17, 15) is 0 Å². The normalized spacial score (nSPS) is 12.2. The van der Waals surface area contributed by atoms with Gasteiger partial charge in [0.25, 0.3) is 0 Å². The third kappa shape index (κ3) is 3.54. The highest BCUT2D eigenvalue weighted by Gasteiger charge is 2.14. The van der Waals surface area contributed by atoms with Crippen LogP contribution in [0.25, 0.3) is 0 Å². The first-order chi connectivity index (χ1) is 8.24. The highest BCUT2D eigenvalue weighted by atomic mass is 16.3. The number of aromatic nitrogens is 1. The Morgan fingerprint density at radius 2 is 2.41 bits per heavy atom. The predicted octanol–water partition coefficient (Wildman–Crippen LogP) is 1.35. The van der Waals surface area contributed by atoms with E-state index in [1.165, 1.54) is 0 Å². The lowest BCUT2D eigenvalue weighted by Crippen LogP contribution is -2.29. The zero-order valence-corrected chi connectivity index (χ0v) is 10.6. The van der Waals surface area contributed by atoms with Crippen molar-refractivity contribution >= 4 is 5.82 Å². The monoisotopic (exact) mass is 235 g/mol. The van der Waals surface area contributed by atoms with Gasteiger partial charge in [0.2, 0.25) is 0 Å². The Morgan fingerprint density at radius 3 is 3.00 bits per heavy atom. The second-order valence-electron chi connectivity index (χ2n) is 3.88. The van der Waals surface area contributed by atoms with E-state index in [4.69, 9.17) is 5.11 Å². The smallest absolute Gasteiger partial charge is 0.133 e. The van der Waals surface area contributed by atoms with E-state index < -0.39 is 0 Å². The van der Waals surface area contributed by atoms with Crippen molar-refractivity contribution in [3.63, 3.8) is 0 Å². The summed E-state index contributed by atoms with van der Waals surface area (Å²) in [6, 6.07) is 4.21. The molecule has 1 atom stereocenters. The molecule has 0 fully saturated rings. The number of anilines is 1. The molecule has 2 N–H and O–H groups in total. The van der Waals surface area contributed by atoms with Crippen molar-refractivity contribution in [2.75, 3.05) is 31.6 Å². The average molecular weight is 235 g/mol. The van der Waals surface area contributed by atoms with Gasteiger partial charge >= 0.3 is 0 Å². The van der Waals surface area contributed by atoms with Crippen LogP contribution in [0.15, 0.2) is 31.0 Å². The quantitative estimate of drug-likeness (QED) is 0.700. The van der Waals surface area contributed by atoms with E-state index in [0.717, 1.165) is 11.4 Å². The Hall–Kier alpha value is -1.39. The molecule has 1 rings (SSSR count). The second kappa shape index (κ2) is 7.04. The zero-order chi connectivity index (χ0) is 12.7. The van der Waals surface area contributed by atoms with Crippen LogP contribution >= 0.6 is 0 Å². The first-order valence-corrected chi connectivity index (χ1v) is 5.83. The maximum atomic E-state index is 9.09. The number of rotatable bonds is 7. The molecule has 0 aliphatic carbocycles. The number of pyridine rings is 1. The standard InChI is InChI=1S/C13H21N3O/c1-4-8-16(9-10-17)13-12(11(2)14-3)6-5-7-15-13/h4-7,11,14,17H,1,8-10H2,2-3H3. The fourth-order valence-corrected chi connectivity index (χ4v) is 1.73. The van der Waals surface area contributed by atoms with Crippen molar-refractivity contribution in [3.05, 3.63) is 36.5 Å². The number of aliphatic hydroxyl groups excluding tert-OH is 1.